The van der Waals surface area contributed by atoms with E-state index in [2.05, 4.69) is 15.5 Å². The third-order valence-electron chi connectivity index (χ3n) is 2.69. The Morgan fingerprint density at radius 1 is 1.40 bits per heavy atom. The molecule has 1 aromatic heterocycles. The molecule has 1 aromatic carbocycles. The first-order valence-corrected chi connectivity index (χ1v) is 5.88. The van der Waals surface area contributed by atoms with Crippen LogP contribution >= 0.6 is 0 Å². The number of carbonyl (C=O) groups is 2. The van der Waals surface area contributed by atoms with Crippen molar-refractivity contribution in [1.82, 2.24) is 10.2 Å². The number of carboxylic acids is 1. The normalized spacial score (nSPS) is 10.7. The largest absolute Gasteiger partial charge is 0.478 e. The summed E-state index contributed by atoms with van der Waals surface area (Å²) in [5, 5.41) is 17.6. The number of anilines is 1. The summed E-state index contributed by atoms with van der Waals surface area (Å²) in [7, 11) is 0. The lowest BCUT2D eigenvalue weighted by atomic mass is 10.0. The average Bonchev–Trinajstić information content (AvgIpc) is 2.89. The van der Waals surface area contributed by atoms with Crippen molar-refractivity contribution in [2.24, 2.45) is 0 Å². The standard InChI is InChI=1S/C14H13N3O3/c1-9-6-11(3-2-10(9)4-5-13(18)19)14(20)17-12-7-15-16-8-12/h2-8H,1H3,(H,15,16)(H,17,20)(H,18,19)/b5-4+. The maximum Gasteiger partial charge on any atom is 0.328 e. The van der Waals surface area contributed by atoms with Gasteiger partial charge < -0.3 is 10.4 Å². The van der Waals surface area contributed by atoms with Crippen molar-refractivity contribution in [3.05, 3.63) is 53.4 Å². The Hall–Kier alpha value is -2.89. The van der Waals surface area contributed by atoms with Crippen molar-refractivity contribution >= 4 is 23.6 Å². The number of benzene rings is 1. The second kappa shape index (κ2) is 5.83. The van der Waals surface area contributed by atoms with Crippen molar-refractivity contribution in [1.29, 1.82) is 0 Å². The van der Waals surface area contributed by atoms with Gasteiger partial charge in [-0.3, -0.25) is 9.89 Å². The molecule has 0 aliphatic rings. The molecule has 0 saturated heterocycles. The molecular formula is C14H13N3O3. The van der Waals surface area contributed by atoms with E-state index in [1.54, 1.807) is 24.4 Å². The maximum absolute atomic E-state index is 12.0. The molecule has 0 aliphatic heterocycles. The lowest BCUT2D eigenvalue weighted by Crippen LogP contribution is -2.11. The van der Waals surface area contributed by atoms with Gasteiger partial charge in [0.2, 0.25) is 0 Å². The molecule has 2 rings (SSSR count). The molecule has 6 heteroatoms. The number of H-pyrrole nitrogens is 1. The SMILES string of the molecule is Cc1cc(C(=O)Nc2cn[nH]c2)ccc1/C=C/C(=O)O. The van der Waals surface area contributed by atoms with Gasteiger partial charge in [-0.05, 0) is 36.3 Å². The lowest BCUT2D eigenvalue weighted by Gasteiger charge is -2.05. The predicted octanol–water partition coefficient (Wildman–Crippen LogP) is 2.07. The molecule has 20 heavy (non-hydrogen) atoms. The summed E-state index contributed by atoms with van der Waals surface area (Å²) in [6, 6.07) is 5.06. The highest BCUT2D eigenvalue weighted by molar-refractivity contribution is 6.04. The third-order valence-corrected chi connectivity index (χ3v) is 2.69. The molecule has 0 spiro atoms. The summed E-state index contributed by atoms with van der Waals surface area (Å²) in [5.74, 6) is -1.26. The first kappa shape index (κ1) is 13.5. The molecule has 0 saturated carbocycles. The van der Waals surface area contributed by atoms with E-state index in [9.17, 15) is 9.59 Å². The molecule has 0 unspecified atom stereocenters. The molecule has 6 nitrogen and oxygen atoms in total. The van der Waals surface area contributed by atoms with Gasteiger partial charge in [-0.2, -0.15) is 5.10 Å². The summed E-state index contributed by atoms with van der Waals surface area (Å²) >= 11 is 0. The summed E-state index contributed by atoms with van der Waals surface area (Å²) in [6.07, 6.45) is 5.65. The molecule has 1 heterocycles. The number of aromatic amines is 1. The second-order valence-electron chi connectivity index (χ2n) is 4.18. The van der Waals surface area contributed by atoms with Gasteiger partial charge in [-0.15, -0.1) is 0 Å². The van der Waals surface area contributed by atoms with E-state index in [0.717, 1.165) is 17.2 Å². The number of nitrogens with zero attached hydrogens (tertiary/aromatic N) is 1. The van der Waals surface area contributed by atoms with Crippen LogP contribution in [0.15, 0.2) is 36.7 Å². The summed E-state index contributed by atoms with van der Waals surface area (Å²) in [4.78, 5) is 22.5. The Balaban J connectivity index is 2.16. The highest BCUT2D eigenvalue weighted by Gasteiger charge is 2.08. The minimum Gasteiger partial charge on any atom is -0.478 e. The molecule has 0 bridgehead atoms. The van der Waals surface area contributed by atoms with E-state index in [0.29, 0.717) is 11.3 Å². The first-order chi connectivity index (χ1) is 9.56. The zero-order valence-corrected chi connectivity index (χ0v) is 10.8. The monoisotopic (exact) mass is 271 g/mol. The summed E-state index contributed by atoms with van der Waals surface area (Å²) < 4.78 is 0. The fraction of sp³-hybridized carbons (Fsp3) is 0.0714. The number of hydrogen-bond donors (Lipinski definition) is 3. The van der Waals surface area contributed by atoms with Crippen LogP contribution in [-0.2, 0) is 4.79 Å². The molecule has 0 aliphatic carbocycles. The fourth-order valence-electron chi connectivity index (χ4n) is 1.69. The third kappa shape index (κ3) is 3.32. The van der Waals surface area contributed by atoms with E-state index in [-0.39, 0.29) is 5.91 Å². The van der Waals surface area contributed by atoms with E-state index in [4.69, 9.17) is 5.11 Å². The van der Waals surface area contributed by atoms with E-state index in [1.165, 1.54) is 12.3 Å². The molecule has 1 amide bonds. The number of rotatable bonds is 4. The van der Waals surface area contributed by atoms with Crippen LogP contribution in [0.3, 0.4) is 0 Å². The van der Waals surface area contributed by atoms with Crippen molar-refractivity contribution < 1.29 is 14.7 Å². The Labute approximate surface area is 115 Å². The molecule has 102 valence electrons. The average molecular weight is 271 g/mol. The maximum atomic E-state index is 12.0. The molecule has 3 N–H and O–H groups in total. The topological polar surface area (TPSA) is 95.1 Å². The van der Waals surface area contributed by atoms with E-state index >= 15 is 0 Å². The van der Waals surface area contributed by atoms with Crippen molar-refractivity contribution in [3.63, 3.8) is 0 Å². The van der Waals surface area contributed by atoms with Crippen LogP contribution in [0.2, 0.25) is 0 Å². The zero-order chi connectivity index (χ0) is 14.5. The molecule has 0 atom stereocenters. The predicted molar refractivity (Wildman–Crippen MR) is 74.4 cm³/mol. The van der Waals surface area contributed by atoms with Gasteiger partial charge in [0, 0.05) is 17.8 Å². The van der Waals surface area contributed by atoms with Crippen LogP contribution in [0.5, 0.6) is 0 Å². The van der Waals surface area contributed by atoms with Crippen LogP contribution in [0, 0.1) is 6.92 Å². The van der Waals surface area contributed by atoms with Crippen LogP contribution in [0.4, 0.5) is 5.69 Å². The molecular weight excluding hydrogens is 258 g/mol. The van der Waals surface area contributed by atoms with Gasteiger partial charge in [0.1, 0.15) is 0 Å². The van der Waals surface area contributed by atoms with Gasteiger partial charge in [0.05, 0.1) is 11.9 Å². The van der Waals surface area contributed by atoms with Crippen LogP contribution in [0.1, 0.15) is 21.5 Å². The van der Waals surface area contributed by atoms with Crippen molar-refractivity contribution in [3.8, 4) is 0 Å². The Bertz CT molecular complexity index is 660. The van der Waals surface area contributed by atoms with Crippen molar-refractivity contribution in [2.75, 3.05) is 5.32 Å². The molecule has 0 fully saturated rings. The quantitative estimate of drug-likeness (QED) is 0.742. The van der Waals surface area contributed by atoms with Gasteiger partial charge in [0.15, 0.2) is 0 Å². The van der Waals surface area contributed by atoms with Crippen LogP contribution in [0.25, 0.3) is 6.08 Å². The minimum atomic E-state index is -1.01. The number of aromatic nitrogens is 2. The molecule has 0 radical (unpaired) electrons. The number of nitrogens with one attached hydrogen (secondary N) is 2. The number of aliphatic carboxylic acids is 1. The second-order valence-corrected chi connectivity index (χ2v) is 4.18. The van der Waals surface area contributed by atoms with Crippen molar-refractivity contribution in [2.45, 2.75) is 6.92 Å². The first-order valence-electron chi connectivity index (χ1n) is 5.88. The van der Waals surface area contributed by atoms with Crippen LogP contribution < -0.4 is 5.32 Å². The van der Waals surface area contributed by atoms with Gasteiger partial charge in [0.25, 0.3) is 5.91 Å². The van der Waals surface area contributed by atoms with E-state index in [1.807, 2.05) is 6.92 Å². The number of carboxylic acid groups (broad SMARTS) is 1. The van der Waals surface area contributed by atoms with Crippen LogP contribution in [-0.4, -0.2) is 27.2 Å². The summed E-state index contributed by atoms with van der Waals surface area (Å²) in [5.41, 5.74) is 2.66. The number of hydrogen-bond acceptors (Lipinski definition) is 3. The van der Waals surface area contributed by atoms with Gasteiger partial charge >= 0.3 is 5.97 Å². The Kier molecular flexibility index (Phi) is 3.95. The Morgan fingerprint density at radius 2 is 2.20 bits per heavy atom. The molecule has 2 aromatic rings. The Morgan fingerprint density at radius 3 is 2.80 bits per heavy atom. The highest BCUT2D eigenvalue weighted by Crippen LogP contribution is 2.14. The zero-order valence-electron chi connectivity index (χ0n) is 10.8. The summed E-state index contributed by atoms with van der Waals surface area (Å²) in [6.45, 7) is 1.82. The lowest BCUT2D eigenvalue weighted by molar-refractivity contribution is -0.131. The fourth-order valence-corrected chi connectivity index (χ4v) is 1.69. The minimum absolute atomic E-state index is 0.247. The van der Waals surface area contributed by atoms with Gasteiger partial charge in [-0.25, -0.2) is 4.79 Å². The smallest absolute Gasteiger partial charge is 0.328 e. The number of amides is 1. The van der Waals surface area contributed by atoms with Gasteiger partial charge in [-0.1, -0.05) is 6.07 Å². The highest BCUT2D eigenvalue weighted by atomic mass is 16.4. The van der Waals surface area contributed by atoms with E-state index < -0.39 is 5.97 Å². The number of carbonyl (C=O) groups excluding carboxylic acids is 1. The number of aryl methyl sites for hydroxylation is 1.